The standard InChI is InChI=1S/C21H16Cl2N4O2/c1-2-20(28)27-19-5-3-4-17(25-19)13-6-9-15(10-7-13)24-21(29)26-18-11-8-14(22)12-16(18)23/h2-12H,1H2,(H2,24,26,29)(H,25,27,28). The minimum absolute atomic E-state index is 0.332. The normalized spacial score (nSPS) is 10.1. The van der Waals surface area contributed by atoms with Crippen molar-refractivity contribution in [2.45, 2.75) is 0 Å². The molecule has 3 N–H and O–H groups in total. The van der Waals surface area contributed by atoms with E-state index in [1.165, 1.54) is 6.08 Å². The molecule has 146 valence electrons. The van der Waals surface area contributed by atoms with Crippen LogP contribution in [0.15, 0.2) is 73.3 Å². The van der Waals surface area contributed by atoms with Gasteiger partial charge in [-0.3, -0.25) is 4.79 Å². The Morgan fingerprint density at radius 1 is 0.931 bits per heavy atom. The van der Waals surface area contributed by atoms with E-state index in [1.807, 2.05) is 18.2 Å². The van der Waals surface area contributed by atoms with Crippen molar-refractivity contribution in [1.82, 2.24) is 4.98 Å². The maximum Gasteiger partial charge on any atom is 0.323 e. The Hall–Kier alpha value is -3.35. The van der Waals surface area contributed by atoms with Crippen molar-refractivity contribution in [2.75, 3.05) is 16.0 Å². The van der Waals surface area contributed by atoms with Gasteiger partial charge in [0, 0.05) is 16.3 Å². The summed E-state index contributed by atoms with van der Waals surface area (Å²) in [4.78, 5) is 28.0. The SMILES string of the molecule is C=CC(=O)Nc1cccc(-c2ccc(NC(=O)Nc3ccc(Cl)cc3Cl)cc2)n1. The largest absolute Gasteiger partial charge is 0.323 e. The van der Waals surface area contributed by atoms with E-state index in [9.17, 15) is 9.59 Å². The Morgan fingerprint density at radius 3 is 2.38 bits per heavy atom. The Labute approximate surface area is 177 Å². The molecular formula is C21H16Cl2N4O2. The first-order valence-electron chi connectivity index (χ1n) is 8.48. The zero-order valence-corrected chi connectivity index (χ0v) is 16.6. The maximum atomic E-state index is 12.2. The quantitative estimate of drug-likeness (QED) is 0.449. The number of amides is 3. The lowest BCUT2D eigenvalue weighted by molar-refractivity contribution is -0.111. The molecule has 0 radical (unpaired) electrons. The molecule has 8 heteroatoms. The van der Waals surface area contributed by atoms with E-state index < -0.39 is 6.03 Å². The van der Waals surface area contributed by atoms with Gasteiger partial charge in [0.25, 0.3) is 0 Å². The zero-order chi connectivity index (χ0) is 20.8. The maximum absolute atomic E-state index is 12.2. The number of anilines is 3. The number of halogens is 2. The summed E-state index contributed by atoms with van der Waals surface area (Å²) in [7, 11) is 0. The van der Waals surface area contributed by atoms with Gasteiger partial charge in [0.15, 0.2) is 0 Å². The highest BCUT2D eigenvalue weighted by Crippen LogP contribution is 2.26. The third kappa shape index (κ3) is 5.57. The van der Waals surface area contributed by atoms with Crippen molar-refractivity contribution in [3.63, 3.8) is 0 Å². The summed E-state index contributed by atoms with van der Waals surface area (Å²) in [6.07, 6.45) is 1.18. The van der Waals surface area contributed by atoms with Crippen LogP contribution in [0.1, 0.15) is 0 Å². The van der Waals surface area contributed by atoms with Crippen LogP contribution in [0.4, 0.5) is 22.0 Å². The summed E-state index contributed by atoms with van der Waals surface area (Å²) in [6.45, 7) is 3.41. The molecule has 0 aliphatic carbocycles. The second-order valence-electron chi connectivity index (χ2n) is 5.88. The van der Waals surface area contributed by atoms with E-state index in [1.54, 1.807) is 42.5 Å². The first kappa shape index (κ1) is 20.4. The van der Waals surface area contributed by atoms with Crippen molar-refractivity contribution >= 4 is 52.3 Å². The van der Waals surface area contributed by atoms with Crippen molar-refractivity contribution in [3.05, 3.63) is 83.4 Å². The summed E-state index contributed by atoms with van der Waals surface area (Å²) in [6, 6.07) is 16.8. The Balaban J connectivity index is 1.67. The number of urea groups is 1. The lowest BCUT2D eigenvalue weighted by atomic mass is 10.1. The molecule has 0 unspecified atom stereocenters. The molecular weight excluding hydrogens is 411 g/mol. The van der Waals surface area contributed by atoms with Gasteiger partial charge in [0.2, 0.25) is 5.91 Å². The highest BCUT2D eigenvalue weighted by Gasteiger charge is 2.08. The smallest absolute Gasteiger partial charge is 0.308 e. The number of carbonyl (C=O) groups excluding carboxylic acids is 2. The first-order chi connectivity index (χ1) is 13.9. The molecule has 1 aromatic heterocycles. The minimum atomic E-state index is -0.436. The fraction of sp³-hybridized carbons (Fsp3) is 0. The fourth-order valence-electron chi connectivity index (χ4n) is 2.44. The van der Waals surface area contributed by atoms with Crippen LogP contribution in [0, 0.1) is 0 Å². The Morgan fingerprint density at radius 2 is 1.69 bits per heavy atom. The molecule has 2 aromatic carbocycles. The molecule has 0 saturated heterocycles. The molecule has 0 atom stereocenters. The van der Waals surface area contributed by atoms with E-state index >= 15 is 0 Å². The molecule has 0 aliphatic rings. The topological polar surface area (TPSA) is 83.1 Å². The van der Waals surface area contributed by atoms with Crippen LogP contribution in [-0.4, -0.2) is 16.9 Å². The molecule has 0 spiro atoms. The van der Waals surface area contributed by atoms with E-state index in [0.29, 0.717) is 32.9 Å². The van der Waals surface area contributed by atoms with Crippen LogP contribution in [0.25, 0.3) is 11.3 Å². The van der Waals surface area contributed by atoms with E-state index in [0.717, 1.165) is 5.56 Å². The predicted molar refractivity (Wildman–Crippen MR) is 118 cm³/mol. The number of carbonyl (C=O) groups is 2. The van der Waals surface area contributed by atoms with Gasteiger partial charge < -0.3 is 16.0 Å². The molecule has 29 heavy (non-hydrogen) atoms. The van der Waals surface area contributed by atoms with Crippen LogP contribution in [0.2, 0.25) is 10.0 Å². The van der Waals surface area contributed by atoms with E-state index in [-0.39, 0.29) is 5.91 Å². The molecule has 1 heterocycles. The summed E-state index contributed by atoms with van der Waals surface area (Å²) < 4.78 is 0. The summed E-state index contributed by atoms with van der Waals surface area (Å²) in [5.41, 5.74) is 2.54. The van der Waals surface area contributed by atoms with Crippen LogP contribution < -0.4 is 16.0 Å². The van der Waals surface area contributed by atoms with E-state index in [4.69, 9.17) is 23.2 Å². The van der Waals surface area contributed by atoms with Crippen molar-refractivity contribution in [2.24, 2.45) is 0 Å². The van der Waals surface area contributed by atoms with Crippen molar-refractivity contribution < 1.29 is 9.59 Å². The highest BCUT2D eigenvalue weighted by atomic mass is 35.5. The molecule has 3 rings (SSSR count). The second-order valence-corrected chi connectivity index (χ2v) is 6.73. The monoisotopic (exact) mass is 426 g/mol. The number of hydrogen-bond acceptors (Lipinski definition) is 3. The number of pyridine rings is 1. The van der Waals surface area contributed by atoms with Gasteiger partial charge in [-0.15, -0.1) is 0 Å². The number of nitrogens with zero attached hydrogens (tertiary/aromatic N) is 1. The summed E-state index contributed by atoms with van der Waals surface area (Å²) in [5, 5.41) is 8.84. The van der Waals surface area contributed by atoms with Crippen LogP contribution in [0.3, 0.4) is 0 Å². The lowest BCUT2D eigenvalue weighted by Crippen LogP contribution is -2.19. The average Bonchev–Trinajstić information content (AvgIpc) is 2.71. The fourth-order valence-corrected chi connectivity index (χ4v) is 2.90. The van der Waals surface area contributed by atoms with Gasteiger partial charge in [-0.1, -0.05) is 48.0 Å². The zero-order valence-electron chi connectivity index (χ0n) is 15.1. The van der Waals surface area contributed by atoms with Crippen LogP contribution in [0.5, 0.6) is 0 Å². The Bertz CT molecular complexity index is 1070. The summed E-state index contributed by atoms with van der Waals surface area (Å²) >= 11 is 11.9. The highest BCUT2D eigenvalue weighted by molar-refractivity contribution is 6.36. The number of hydrogen-bond donors (Lipinski definition) is 3. The van der Waals surface area contributed by atoms with Gasteiger partial charge in [-0.25, -0.2) is 9.78 Å². The van der Waals surface area contributed by atoms with Gasteiger partial charge in [0.05, 0.1) is 16.4 Å². The molecule has 0 bridgehead atoms. The van der Waals surface area contributed by atoms with Gasteiger partial charge >= 0.3 is 6.03 Å². The molecule has 6 nitrogen and oxygen atoms in total. The Kier molecular flexibility index (Phi) is 6.49. The molecule has 0 aliphatic heterocycles. The number of aromatic nitrogens is 1. The van der Waals surface area contributed by atoms with Gasteiger partial charge in [0.1, 0.15) is 5.82 Å². The van der Waals surface area contributed by atoms with Crippen molar-refractivity contribution in [1.29, 1.82) is 0 Å². The third-order valence-corrected chi connectivity index (χ3v) is 4.35. The number of nitrogens with one attached hydrogen (secondary N) is 3. The second kappa shape index (κ2) is 9.23. The number of rotatable bonds is 5. The van der Waals surface area contributed by atoms with Crippen LogP contribution in [-0.2, 0) is 4.79 Å². The minimum Gasteiger partial charge on any atom is -0.308 e. The predicted octanol–water partition coefficient (Wildman–Crippen LogP) is 5.82. The van der Waals surface area contributed by atoms with Gasteiger partial charge in [-0.2, -0.15) is 0 Å². The third-order valence-electron chi connectivity index (χ3n) is 3.80. The first-order valence-corrected chi connectivity index (χ1v) is 9.24. The molecule has 0 fully saturated rings. The van der Waals surface area contributed by atoms with Crippen LogP contribution >= 0.6 is 23.2 Å². The molecule has 3 aromatic rings. The lowest BCUT2D eigenvalue weighted by Gasteiger charge is -2.10. The van der Waals surface area contributed by atoms with E-state index in [2.05, 4.69) is 27.5 Å². The number of benzene rings is 2. The average molecular weight is 427 g/mol. The van der Waals surface area contributed by atoms with Gasteiger partial charge in [-0.05, 0) is 48.5 Å². The summed E-state index contributed by atoms with van der Waals surface area (Å²) in [5.74, 6) is 0.0924. The van der Waals surface area contributed by atoms with Crippen molar-refractivity contribution in [3.8, 4) is 11.3 Å². The molecule has 3 amide bonds. The molecule has 0 saturated carbocycles.